The fourth-order valence-electron chi connectivity index (χ4n) is 7.74. The minimum Gasteiger partial charge on any atom is -0.370 e. The summed E-state index contributed by atoms with van der Waals surface area (Å²) in [5.41, 5.74) is 7.56. The highest BCUT2D eigenvalue weighted by Crippen LogP contribution is 2.33. The first-order valence-corrected chi connectivity index (χ1v) is 20.3. The normalized spacial score (nSPS) is 17.7. The van der Waals surface area contributed by atoms with Crippen LogP contribution in [0.25, 0.3) is 10.9 Å². The molecule has 2 aromatic heterocycles. The van der Waals surface area contributed by atoms with Crippen molar-refractivity contribution in [1.82, 2.24) is 29.0 Å². The lowest BCUT2D eigenvalue weighted by atomic mass is 9.88. The van der Waals surface area contributed by atoms with Crippen LogP contribution in [0.3, 0.4) is 0 Å². The molecule has 298 valence electrons. The van der Waals surface area contributed by atoms with E-state index in [0.29, 0.717) is 55.1 Å². The number of aryl methyl sites for hydroxylation is 1. The Hall–Kier alpha value is -4.92. The van der Waals surface area contributed by atoms with Gasteiger partial charge in [-0.2, -0.15) is 27.8 Å². The number of nitrogens with zero attached hydrogens (tertiary/aromatic N) is 7. The van der Waals surface area contributed by atoms with Crippen molar-refractivity contribution in [3.63, 3.8) is 0 Å². The fraction of sp³-hybridized carbons (Fsp3) is 0.487. The van der Waals surface area contributed by atoms with Gasteiger partial charge in [0.25, 0.3) is 0 Å². The number of ketones is 1. The van der Waals surface area contributed by atoms with Crippen LogP contribution < -0.4 is 11.1 Å². The summed E-state index contributed by atoms with van der Waals surface area (Å²) in [4.78, 5) is 33.8. The van der Waals surface area contributed by atoms with Gasteiger partial charge in [0.1, 0.15) is 6.04 Å². The van der Waals surface area contributed by atoms with Crippen molar-refractivity contribution in [1.29, 1.82) is 5.26 Å². The lowest BCUT2D eigenvalue weighted by molar-refractivity contribution is -0.138. The minimum atomic E-state index is -4.53. The number of piperidine rings is 2. The van der Waals surface area contributed by atoms with Crippen LogP contribution in [-0.2, 0) is 32.2 Å². The maximum absolute atomic E-state index is 13.7. The Bertz CT molecular complexity index is 2190. The maximum atomic E-state index is 13.7. The monoisotopic (exact) mass is 793 g/mol. The summed E-state index contributed by atoms with van der Waals surface area (Å²) in [6.07, 6.45) is 3.09. The number of Topliss-reactive ketones (excluding diaryl/α,β-unsaturated/α-hetero) is 1. The summed E-state index contributed by atoms with van der Waals surface area (Å²) in [6.45, 7) is 5.84. The third-order valence-corrected chi connectivity index (χ3v) is 13.0. The number of halogens is 3. The molecule has 2 fully saturated rings. The number of anilines is 1. The van der Waals surface area contributed by atoms with Gasteiger partial charge < -0.3 is 16.0 Å². The number of nitrogens with one attached hydrogen (secondary N) is 1. The van der Waals surface area contributed by atoms with Gasteiger partial charge >= 0.3 is 6.18 Å². The molecule has 2 aliphatic heterocycles. The molecule has 2 aromatic carbocycles. The van der Waals surface area contributed by atoms with Crippen molar-refractivity contribution >= 4 is 38.6 Å². The Morgan fingerprint density at radius 1 is 1.00 bits per heavy atom. The number of aromatic nitrogens is 4. The van der Waals surface area contributed by atoms with E-state index in [-0.39, 0.29) is 48.2 Å². The van der Waals surface area contributed by atoms with E-state index >= 15 is 0 Å². The quantitative estimate of drug-likeness (QED) is 0.164. The second kappa shape index (κ2) is 17.1. The van der Waals surface area contributed by atoms with Crippen molar-refractivity contribution in [2.45, 2.75) is 100 Å². The van der Waals surface area contributed by atoms with Gasteiger partial charge in [-0.25, -0.2) is 18.4 Å². The number of carbonyl (C=O) groups is 2. The fourth-order valence-corrected chi connectivity index (χ4v) is 9.26. The number of nitriles is 1. The first kappa shape index (κ1) is 40.7. The molecule has 13 nitrogen and oxygen atoms in total. The maximum Gasteiger partial charge on any atom is 0.419 e. The lowest BCUT2D eigenvalue weighted by Crippen LogP contribution is -2.42. The molecule has 3 N–H and O–H groups in total. The van der Waals surface area contributed by atoms with Gasteiger partial charge in [-0.3, -0.25) is 14.3 Å². The molecule has 6 rings (SSSR count). The van der Waals surface area contributed by atoms with Crippen molar-refractivity contribution in [2.24, 2.45) is 5.73 Å². The Labute approximate surface area is 324 Å². The molecule has 0 aliphatic carbocycles. The Kier molecular flexibility index (Phi) is 12.4. The van der Waals surface area contributed by atoms with Crippen LogP contribution in [0.15, 0.2) is 59.9 Å². The van der Waals surface area contributed by atoms with E-state index in [2.05, 4.69) is 50.4 Å². The number of carbonyl (C=O) groups excluding carboxylic acids is 2. The minimum absolute atomic E-state index is 0.0538. The van der Waals surface area contributed by atoms with Crippen LogP contribution in [0.1, 0.15) is 93.0 Å². The van der Waals surface area contributed by atoms with E-state index in [9.17, 15) is 36.4 Å². The SMILES string of the molecule is CC(=O)C(CCC(N)=O)n1ncc2cc(C3CCN(C(C)CCc4cc(S(=O)(=O)N5CCC(Nc6ncc(C(F)(F)F)cn6)CC5)ccc4C#N)CC3)ccc21. The Balaban J connectivity index is 1.02. The lowest BCUT2D eigenvalue weighted by Gasteiger charge is -2.36. The molecular formula is C39H46F3N9O4S. The number of alkyl halides is 3. The first-order chi connectivity index (χ1) is 26.6. The van der Waals surface area contributed by atoms with Crippen LogP contribution in [0.5, 0.6) is 0 Å². The first-order valence-electron chi connectivity index (χ1n) is 18.8. The molecule has 2 atom stereocenters. The number of benzene rings is 2. The summed E-state index contributed by atoms with van der Waals surface area (Å²) in [5.74, 6) is -0.123. The van der Waals surface area contributed by atoms with Crippen molar-refractivity contribution in [2.75, 3.05) is 31.5 Å². The van der Waals surface area contributed by atoms with E-state index in [1.165, 1.54) is 22.9 Å². The summed E-state index contributed by atoms with van der Waals surface area (Å²) in [6, 6.07) is 12.5. The smallest absolute Gasteiger partial charge is 0.370 e. The van der Waals surface area contributed by atoms with E-state index in [4.69, 9.17) is 5.73 Å². The zero-order valence-corrected chi connectivity index (χ0v) is 32.2. The standard InChI is InChI=1S/C39H46F3N9O4S/c1-25(49-15-11-27(12-16-49)28-6-8-36-31(19-28)22-47-51(36)35(26(2)52)9-10-37(44)53)3-4-29-20-34(7-5-30(29)21-43)56(54,55)50-17-13-33(14-18-50)48-38-45-23-32(24-46-38)39(40,41)42/h5-8,19-20,22-25,27,33,35H,3-4,9-18H2,1-2H3,(H2,44,53)(H,45,46,48). The highest BCUT2D eigenvalue weighted by molar-refractivity contribution is 7.89. The molecule has 17 heteroatoms. The summed E-state index contributed by atoms with van der Waals surface area (Å²) in [5, 5.41) is 18.3. The van der Waals surface area contributed by atoms with E-state index in [0.717, 1.165) is 43.3 Å². The molecular weight excluding hydrogens is 748 g/mol. The second-order valence-corrected chi connectivity index (χ2v) is 16.7. The molecule has 4 heterocycles. The third kappa shape index (κ3) is 9.36. The van der Waals surface area contributed by atoms with Gasteiger partial charge in [0.05, 0.1) is 33.8 Å². The number of primary amides is 1. The molecule has 56 heavy (non-hydrogen) atoms. The average Bonchev–Trinajstić information content (AvgIpc) is 3.59. The van der Waals surface area contributed by atoms with Crippen LogP contribution >= 0.6 is 0 Å². The summed E-state index contributed by atoms with van der Waals surface area (Å²) in [7, 11) is -3.85. The molecule has 0 radical (unpaired) electrons. The van der Waals surface area contributed by atoms with Gasteiger partial charge in [-0.15, -0.1) is 0 Å². The van der Waals surface area contributed by atoms with Crippen molar-refractivity contribution in [3.05, 3.63) is 77.2 Å². The predicted octanol–water partition coefficient (Wildman–Crippen LogP) is 5.58. The largest absolute Gasteiger partial charge is 0.419 e. The molecule has 0 spiro atoms. The number of amides is 1. The highest BCUT2D eigenvalue weighted by atomic mass is 32.2. The molecule has 2 aliphatic rings. The van der Waals surface area contributed by atoms with Crippen LogP contribution in [0.2, 0.25) is 0 Å². The van der Waals surface area contributed by atoms with Crippen LogP contribution in [0.4, 0.5) is 19.1 Å². The van der Waals surface area contributed by atoms with Gasteiger partial charge in [0.2, 0.25) is 21.9 Å². The number of rotatable bonds is 14. The molecule has 2 unspecified atom stereocenters. The number of fused-ring (bicyclic) bond motifs is 1. The van der Waals surface area contributed by atoms with E-state index in [1.807, 2.05) is 6.07 Å². The number of hydrogen-bond acceptors (Lipinski definition) is 10. The van der Waals surface area contributed by atoms with Crippen LogP contribution in [0, 0.1) is 11.3 Å². The Morgan fingerprint density at radius 3 is 2.32 bits per heavy atom. The van der Waals surface area contributed by atoms with Crippen LogP contribution in [-0.4, -0.2) is 87.3 Å². The molecule has 1 amide bonds. The number of sulfonamides is 1. The Morgan fingerprint density at radius 2 is 1.70 bits per heavy atom. The zero-order chi connectivity index (χ0) is 40.2. The number of hydrogen-bond donors (Lipinski definition) is 2. The van der Waals surface area contributed by atoms with E-state index < -0.39 is 33.7 Å². The molecule has 0 bridgehead atoms. The second-order valence-electron chi connectivity index (χ2n) is 14.8. The summed E-state index contributed by atoms with van der Waals surface area (Å²) < 4.78 is 69.0. The average molecular weight is 794 g/mol. The van der Waals surface area contributed by atoms with Gasteiger partial charge in [-0.05, 0) is 119 Å². The zero-order valence-electron chi connectivity index (χ0n) is 31.4. The van der Waals surface area contributed by atoms with Gasteiger partial charge in [-0.1, -0.05) is 6.07 Å². The third-order valence-electron chi connectivity index (χ3n) is 11.1. The molecule has 2 saturated heterocycles. The highest BCUT2D eigenvalue weighted by Gasteiger charge is 2.33. The van der Waals surface area contributed by atoms with Gasteiger partial charge in [0, 0.05) is 49.4 Å². The molecule has 0 saturated carbocycles. The van der Waals surface area contributed by atoms with Crippen molar-refractivity contribution in [3.8, 4) is 6.07 Å². The number of likely N-dealkylation sites (tertiary alicyclic amines) is 1. The topological polar surface area (TPSA) is 180 Å². The number of nitrogens with two attached hydrogens (primary N) is 1. The molecule has 4 aromatic rings. The summed E-state index contributed by atoms with van der Waals surface area (Å²) >= 11 is 0. The predicted molar refractivity (Wildman–Crippen MR) is 203 cm³/mol. The van der Waals surface area contributed by atoms with E-state index in [1.54, 1.807) is 23.0 Å². The van der Waals surface area contributed by atoms with Crippen molar-refractivity contribution < 1.29 is 31.2 Å². The van der Waals surface area contributed by atoms with Gasteiger partial charge in [0.15, 0.2) is 5.78 Å².